The van der Waals surface area contributed by atoms with Crippen LogP contribution < -0.4 is 5.32 Å². The molecule has 8 heteroatoms. The summed E-state index contributed by atoms with van der Waals surface area (Å²) < 4.78 is 25.9. The van der Waals surface area contributed by atoms with Crippen molar-refractivity contribution < 1.29 is 13.2 Å². The van der Waals surface area contributed by atoms with E-state index in [1.165, 1.54) is 38.0 Å². The summed E-state index contributed by atoms with van der Waals surface area (Å²) in [4.78, 5) is 13.6. The van der Waals surface area contributed by atoms with Crippen molar-refractivity contribution in [3.05, 3.63) is 65.7 Å². The molecule has 152 valence electrons. The topological polar surface area (TPSA) is 66.5 Å². The van der Waals surface area contributed by atoms with Crippen LogP contribution in [0, 0.1) is 0 Å². The molecule has 0 aromatic heterocycles. The van der Waals surface area contributed by atoms with Crippen molar-refractivity contribution in [1.29, 1.82) is 0 Å². The van der Waals surface area contributed by atoms with Gasteiger partial charge in [-0.1, -0.05) is 41.9 Å². The third-order valence-electron chi connectivity index (χ3n) is 4.36. The number of fused-ring (bicyclic) bond motifs is 1. The Morgan fingerprint density at radius 3 is 2.41 bits per heavy atom. The number of thioether (sulfide) groups is 1. The second-order valence-electron chi connectivity index (χ2n) is 6.69. The largest absolute Gasteiger partial charge is 0.325 e. The third-order valence-corrected chi connectivity index (χ3v) is 7.75. The summed E-state index contributed by atoms with van der Waals surface area (Å²) in [6.07, 6.45) is 0. The van der Waals surface area contributed by atoms with Gasteiger partial charge in [-0.3, -0.25) is 4.79 Å². The molecule has 0 saturated carbocycles. The zero-order valence-electron chi connectivity index (χ0n) is 16.2. The standard InChI is InChI=1S/C21H21ClN2O3S2/c1-14(28-18-10-8-15-6-4-5-7-16(15)12-18)21(25)23-17-9-11-19(22)20(13-17)29(26,27)24(2)3/h4-14H,1-3H3,(H,23,25). The average molecular weight is 449 g/mol. The summed E-state index contributed by atoms with van der Waals surface area (Å²) in [6, 6.07) is 18.5. The fourth-order valence-electron chi connectivity index (χ4n) is 2.72. The zero-order valence-corrected chi connectivity index (χ0v) is 18.6. The van der Waals surface area contributed by atoms with Gasteiger partial charge >= 0.3 is 0 Å². The number of sulfonamides is 1. The zero-order chi connectivity index (χ0) is 21.2. The lowest BCUT2D eigenvalue weighted by Gasteiger charge is -2.16. The van der Waals surface area contributed by atoms with Crippen LogP contribution in [0.3, 0.4) is 0 Å². The number of hydrogen-bond donors (Lipinski definition) is 1. The van der Waals surface area contributed by atoms with Crippen molar-refractivity contribution in [2.24, 2.45) is 0 Å². The smallest absolute Gasteiger partial charge is 0.244 e. The van der Waals surface area contributed by atoms with Gasteiger partial charge in [0.1, 0.15) is 4.90 Å². The first-order chi connectivity index (χ1) is 13.7. The van der Waals surface area contributed by atoms with E-state index in [9.17, 15) is 13.2 Å². The lowest BCUT2D eigenvalue weighted by Crippen LogP contribution is -2.24. The summed E-state index contributed by atoms with van der Waals surface area (Å²) in [5, 5.41) is 4.76. The Hall–Kier alpha value is -2.06. The summed E-state index contributed by atoms with van der Waals surface area (Å²) in [7, 11) is -0.851. The van der Waals surface area contributed by atoms with Crippen molar-refractivity contribution in [3.63, 3.8) is 0 Å². The molecule has 0 saturated heterocycles. The molecular formula is C21H21ClN2O3S2. The lowest BCUT2D eigenvalue weighted by atomic mass is 10.1. The van der Waals surface area contributed by atoms with E-state index in [1.54, 1.807) is 6.07 Å². The molecule has 1 N–H and O–H groups in total. The molecule has 0 aliphatic rings. The summed E-state index contributed by atoms with van der Waals surface area (Å²) in [6.45, 7) is 1.81. The van der Waals surface area contributed by atoms with E-state index in [2.05, 4.69) is 5.32 Å². The van der Waals surface area contributed by atoms with Gasteiger partial charge in [-0.15, -0.1) is 11.8 Å². The summed E-state index contributed by atoms with van der Waals surface area (Å²) in [5.41, 5.74) is 0.380. The van der Waals surface area contributed by atoms with Crippen LogP contribution in [0.5, 0.6) is 0 Å². The first-order valence-electron chi connectivity index (χ1n) is 8.87. The van der Waals surface area contributed by atoms with Crippen LogP contribution in [0.25, 0.3) is 10.8 Å². The summed E-state index contributed by atoms with van der Waals surface area (Å²) >= 11 is 7.50. The van der Waals surface area contributed by atoms with Gasteiger partial charge in [0.25, 0.3) is 0 Å². The Labute approximate surface area is 180 Å². The highest BCUT2D eigenvalue weighted by atomic mass is 35.5. The first kappa shape index (κ1) is 21.6. The molecular weight excluding hydrogens is 428 g/mol. The highest BCUT2D eigenvalue weighted by molar-refractivity contribution is 8.00. The monoisotopic (exact) mass is 448 g/mol. The fraction of sp³-hybridized carbons (Fsp3) is 0.190. The molecule has 0 aliphatic carbocycles. The molecule has 3 aromatic rings. The van der Waals surface area contributed by atoms with Crippen LogP contribution in [-0.2, 0) is 14.8 Å². The molecule has 5 nitrogen and oxygen atoms in total. The molecule has 3 aromatic carbocycles. The molecule has 3 rings (SSSR count). The number of benzene rings is 3. The van der Waals surface area contributed by atoms with Crippen molar-refractivity contribution in [3.8, 4) is 0 Å². The highest BCUT2D eigenvalue weighted by Gasteiger charge is 2.22. The minimum atomic E-state index is -3.71. The number of halogens is 1. The van der Waals surface area contributed by atoms with E-state index < -0.39 is 10.0 Å². The van der Waals surface area contributed by atoms with Gasteiger partial charge in [0.05, 0.1) is 10.3 Å². The molecule has 0 spiro atoms. The molecule has 1 atom stereocenters. The number of anilines is 1. The predicted molar refractivity (Wildman–Crippen MR) is 120 cm³/mol. The Morgan fingerprint density at radius 2 is 1.72 bits per heavy atom. The molecule has 0 fully saturated rings. The highest BCUT2D eigenvalue weighted by Crippen LogP contribution is 2.29. The molecule has 1 amide bonds. The van der Waals surface area contributed by atoms with Crippen LogP contribution in [0.4, 0.5) is 5.69 Å². The van der Waals surface area contributed by atoms with E-state index in [0.29, 0.717) is 5.69 Å². The van der Waals surface area contributed by atoms with Crippen molar-refractivity contribution >= 4 is 55.8 Å². The van der Waals surface area contributed by atoms with Gasteiger partial charge in [-0.2, -0.15) is 0 Å². The normalized spacial score (nSPS) is 12.9. The SMILES string of the molecule is CC(Sc1ccc2ccccc2c1)C(=O)Nc1ccc(Cl)c(S(=O)(=O)N(C)C)c1. The Morgan fingerprint density at radius 1 is 1.03 bits per heavy atom. The van der Waals surface area contributed by atoms with Gasteiger partial charge in [-0.05, 0) is 48.0 Å². The van der Waals surface area contributed by atoms with Gasteiger partial charge in [-0.25, -0.2) is 12.7 Å². The van der Waals surface area contributed by atoms with Crippen molar-refractivity contribution in [2.75, 3.05) is 19.4 Å². The molecule has 0 bridgehead atoms. The molecule has 0 heterocycles. The van der Waals surface area contributed by atoms with E-state index in [4.69, 9.17) is 11.6 Å². The minimum absolute atomic E-state index is 0.0446. The van der Waals surface area contributed by atoms with Gasteiger partial charge in [0.2, 0.25) is 15.9 Å². The molecule has 29 heavy (non-hydrogen) atoms. The maximum atomic E-state index is 12.6. The number of rotatable bonds is 6. The van der Waals surface area contributed by atoms with E-state index in [-0.39, 0.29) is 21.1 Å². The van der Waals surface area contributed by atoms with Crippen LogP contribution in [-0.4, -0.2) is 38.0 Å². The first-order valence-corrected chi connectivity index (χ1v) is 11.6. The maximum Gasteiger partial charge on any atom is 0.244 e. The lowest BCUT2D eigenvalue weighted by molar-refractivity contribution is -0.115. The van der Waals surface area contributed by atoms with Crippen LogP contribution in [0.1, 0.15) is 6.92 Å². The molecule has 0 aliphatic heterocycles. The Bertz CT molecular complexity index is 1160. The minimum Gasteiger partial charge on any atom is -0.325 e. The summed E-state index contributed by atoms with van der Waals surface area (Å²) in [5.74, 6) is -0.223. The number of hydrogen-bond acceptors (Lipinski definition) is 4. The second-order valence-corrected chi connectivity index (χ2v) is 10.6. The van der Waals surface area contributed by atoms with Gasteiger partial charge < -0.3 is 5.32 Å². The number of nitrogens with one attached hydrogen (secondary N) is 1. The van der Waals surface area contributed by atoms with Crippen LogP contribution in [0.2, 0.25) is 5.02 Å². The Balaban J connectivity index is 1.75. The molecule has 0 radical (unpaired) electrons. The number of nitrogens with zero attached hydrogens (tertiary/aromatic N) is 1. The van der Waals surface area contributed by atoms with E-state index in [0.717, 1.165) is 20.0 Å². The van der Waals surface area contributed by atoms with Crippen LogP contribution >= 0.6 is 23.4 Å². The van der Waals surface area contributed by atoms with Gasteiger partial charge in [0.15, 0.2) is 0 Å². The van der Waals surface area contributed by atoms with Crippen molar-refractivity contribution in [1.82, 2.24) is 4.31 Å². The van der Waals surface area contributed by atoms with E-state index in [1.807, 2.05) is 49.4 Å². The van der Waals surface area contributed by atoms with Crippen molar-refractivity contribution in [2.45, 2.75) is 22.0 Å². The van der Waals surface area contributed by atoms with Crippen LogP contribution in [0.15, 0.2) is 70.5 Å². The quantitative estimate of drug-likeness (QED) is 0.546. The third kappa shape index (κ3) is 4.93. The second kappa shape index (κ2) is 8.75. The Kier molecular flexibility index (Phi) is 6.53. The van der Waals surface area contributed by atoms with E-state index >= 15 is 0 Å². The maximum absolute atomic E-state index is 12.6. The predicted octanol–water partition coefficient (Wildman–Crippen LogP) is 4.86. The number of carbonyl (C=O) groups excluding carboxylic acids is 1. The van der Waals surface area contributed by atoms with Gasteiger partial charge in [0, 0.05) is 24.7 Å². The number of carbonyl (C=O) groups is 1. The molecule has 1 unspecified atom stereocenters. The number of amides is 1. The average Bonchev–Trinajstić information content (AvgIpc) is 2.69. The fourth-order valence-corrected chi connectivity index (χ4v) is 5.03.